The molecule has 5 rings (SSSR count). The molecule has 0 saturated carbocycles. The Hall–Kier alpha value is -3.27. The number of nitrogens with zero attached hydrogens (tertiary/aromatic N) is 1. The van der Waals surface area contributed by atoms with Crippen molar-refractivity contribution in [3.05, 3.63) is 76.9 Å². The highest BCUT2D eigenvalue weighted by Crippen LogP contribution is 2.46. The van der Waals surface area contributed by atoms with E-state index in [1.807, 2.05) is 18.2 Å². The summed E-state index contributed by atoms with van der Waals surface area (Å²) in [5, 5.41) is 9.21. The van der Waals surface area contributed by atoms with Crippen molar-refractivity contribution >= 4 is 10.1 Å². The van der Waals surface area contributed by atoms with Gasteiger partial charge in [-0.1, -0.05) is 24.3 Å². The molecule has 1 unspecified atom stereocenters. The Kier molecular flexibility index (Phi) is 6.79. The normalized spacial score (nSPS) is 16.9. The number of hydrogen-bond acceptors (Lipinski definition) is 8. The molecule has 0 radical (unpaired) electrons. The molecule has 1 atom stereocenters. The second-order valence-corrected chi connectivity index (χ2v) is 10.3. The van der Waals surface area contributed by atoms with Gasteiger partial charge in [-0.15, -0.1) is 0 Å². The molecule has 0 fully saturated rings. The number of hydrogen-bond donors (Lipinski definition) is 1. The molecule has 0 spiro atoms. The Balaban J connectivity index is 1.52. The number of benzene rings is 3. The Labute approximate surface area is 211 Å². The smallest absolute Gasteiger partial charge is 0.339 e. The first-order valence-electron chi connectivity index (χ1n) is 11.8. The lowest BCUT2D eigenvalue weighted by molar-refractivity contribution is 0.157. The van der Waals surface area contributed by atoms with Crippen LogP contribution in [0.1, 0.15) is 28.3 Å². The summed E-state index contributed by atoms with van der Waals surface area (Å²) in [6.07, 6.45) is 1.50. The number of aliphatic hydroxyl groups is 1. The van der Waals surface area contributed by atoms with Crippen LogP contribution in [0.2, 0.25) is 0 Å². The first kappa shape index (κ1) is 24.4. The third kappa shape index (κ3) is 4.50. The van der Waals surface area contributed by atoms with Crippen molar-refractivity contribution in [1.82, 2.24) is 4.90 Å². The minimum Gasteiger partial charge on any atom is -0.493 e. The van der Waals surface area contributed by atoms with E-state index in [0.717, 1.165) is 29.7 Å². The summed E-state index contributed by atoms with van der Waals surface area (Å²) in [6, 6.07) is 16.0. The van der Waals surface area contributed by atoms with Crippen LogP contribution in [0.25, 0.3) is 0 Å². The van der Waals surface area contributed by atoms with E-state index in [1.54, 1.807) is 31.4 Å². The number of methoxy groups -OCH3 is 2. The van der Waals surface area contributed by atoms with Gasteiger partial charge in [0, 0.05) is 24.7 Å². The van der Waals surface area contributed by atoms with E-state index in [9.17, 15) is 13.5 Å². The van der Waals surface area contributed by atoms with E-state index >= 15 is 0 Å². The van der Waals surface area contributed by atoms with Crippen LogP contribution in [0.4, 0.5) is 0 Å². The molecule has 2 heterocycles. The summed E-state index contributed by atoms with van der Waals surface area (Å²) >= 11 is 0. The Morgan fingerprint density at radius 1 is 0.972 bits per heavy atom. The van der Waals surface area contributed by atoms with Crippen molar-refractivity contribution in [2.24, 2.45) is 0 Å². The largest absolute Gasteiger partial charge is 0.493 e. The second-order valence-electron chi connectivity index (χ2n) is 8.80. The van der Waals surface area contributed by atoms with Crippen LogP contribution in [-0.2, 0) is 29.5 Å². The fourth-order valence-corrected chi connectivity index (χ4v) is 6.03. The highest BCUT2D eigenvalue weighted by molar-refractivity contribution is 7.87. The van der Waals surface area contributed by atoms with Crippen LogP contribution in [-0.4, -0.2) is 52.4 Å². The van der Waals surface area contributed by atoms with E-state index in [0.29, 0.717) is 30.2 Å². The lowest BCUT2D eigenvalue weighted by Crippen LogP contribution is -2.39. The van der Waals surface area contributed by atoms with Crippen LogP contribution in [0, 0.1) is 0 Å². The zero-order valence-electron chi connectivity index (χ0n) is 20.3. The van der Waals surface area contributed by atoms with Gasteiger partial charge in [-0.05, 0) is 59.9 Å². The van der Waals surface area contributed by atoms with Crippen molar-refractivity contribution in [3.63, 3.8) is 0 Å². The Morgan fingerprint density at radius 3 is 2.47 bits per heavy atom. The molecule has 2 aliphatic rings. The minimum absolute atomic E-state index is 0.0837. The SMILES string of the molecule is COc1cc2c(cc1OCCO)C1Cc3ccc(OC)c(OS(=O)(=O)c4ccccc4)c3CN1CC2. The van der Waals surface area contributed by atoms with E-state index in [2.05, 4.69) is 4.90 Å². The molecular weight excluding hydrogens is 482 g/mol. The molecule has 1 N–H and O–H groups in total. The first-order valence-corrected chi connectivity index (χ1v) is 13.2. The summed E-state index contributed by atoms with van der Waals surface area (Å²) in [4.78, 5) is 2.42. The van der Waals surface area contributed by atoms with Crippen LogP contribution in [0.5, 0.6) is 23.0 Å². The van der Waals surface area contributed by atoms with Crippen LogP contribution >= 0.6 is 0 Å². The summed E-state index contributed by atoms with van der Waals surface area (Å²) in [5.74, 6) is 1.88. The van der Waals surface area contributed by atoms with Gasteiger partial charge in [-0.2, -0.15) is 8.42 Å². The molecular formula is C27H29NO7S. The van der Waals surface area contributed by atoms with Crippen molar-refractivity contribution < 1.29 is 31.9 Å². The first-order chi connectivity index (χ1) is 17.4. The molecule has 0 aliphatic carbocycles. The third-order valence-corrected chi connectivity index (χ3v) is 8.02. The maximum absolute atomic E-state index is 13.1. The van der Waals surface area contributed by atoms with Crippen molar-refractivity contribution in [3.8, 4) is 23.0 Å². The average molecular weight is 512 g/mol. The molecule has 3 aromatic rings. The molecule has 0 aromatic heterocycles. The lowest BCUT2D eigenvalue weighted by atomic mass is 9.83. The highest BCUT2D eigenvalue weighted by atomic mass is 32.2. The summed E-state index contributed by atoms with van der Waals surface area (Å²) in [7, 11) is -0.912. The van der Waals surface area contributed by atoms with E-state index in [1.165, 1.54) is 24.8 Å². The van der Waals surface area contributed by atoms with Gasteiger partial charge in [-0.3, -0.25) is 4.90 Å². The summed E-state index contributed by atoms with van der Waals surface area (Å²) in [6.45, 7) is 1.43. The Bertz CT molecular complexity index is 1360. The number of rotatable bonds is 8. The monoisotopic (exact) mass is 511 g/mol. The van der Waals surface area contributed by atoms with Gasteiger partial charge < -0.3 is 23.5 Å². The van der Waals surface area contributed by atoms with Gasteiger partial charge >= 0.3 is 10.1 Å². The number of fused-ring (bicyclic) bond motifs is 4. The van der Waals surface area contributed by atoms with Crippen LogP contribution in [0.15, 0.2) is 59.5 Å². The van der Waals surface area contributed by atoms with Gasteiger partial charge in [0.2, 0.25) is 0 Å². The van der Waals surface area contributed by atoms with Gasteiger partial charge in [0.25, 0.3) is 0 Å². The quantitative estimate of drug-likeness (QED) is 0.460. The highest BCUT2D eigenvalue weighted by Gasteiger charge is 2.36. The molecule has 0 bridgehead atoms. The zero-order chi connectivity index (χ0) is 25.3. The van der Waals surface area contributed by atoms with E-state index < -0.39 is 10.1 Å². The predicted molar refractivity (Wildman–Crippen MR) is 133 cm³/mol. The molecule has 0 saturated heterocycles. The zero-order valence-corrected chi connectivity index (χ0v) is 21.1. The van der Waals surface area contributed by atoms with Crippen LogP contribution in [0.3, 0.4) is 0 Å². The van der Waals surface area contributed by atoms with Gasteiger partial charge in [-0.25, -0.2) is 0 Å². The lowest BCUT2D eigenvalue weighted by Gasteiger charge is -2.42. The topological polar surface area (TPSA) is 94.5 Å². The summed E-state index contributed by atoms with van der Waals surface area (Å²) < 4.78 is 48.6. The van der Waals surface area contributed by atoms with E-state index in [4.69, 9.17) is 18.4 Å². The molecule has 0 amide bonds. The Morgan fingerprint density at radius 2 is 1.75 bits per heavy atom. The van der Waals surface area contributed by atoms with Crippen molar-refractivity contribution in [2.45, 2.75) is 30.3 Å². The van der Waals surface area contributed by atoms with E-state index in [-0.39, 0.29) is 29.9 Å². The predicted octanol–water partition coefficient (Wildman–Crippen LogP) is 3.50. The van der Waals surface area contributed by atoms with Gasteiger partial charge in [0.1, 0.15) is 11.5 Å². The van der Waals surface area contributed by atoms with Gasteiger partial charge in [0.05, 0.1) is 20.8 Å². The molecule has 2 aliphatic heterocycles. The summed E-state index contributed by atoms with van der Waals surface area (Å²) in [5.41, 5.74) is 4.18. The minimum atomic E-state index is -4.03. The maximum atomic E-state index is 13.1. The standard InChI is InChI=1S/C27H29NO7S/c1-32-24-9-8-18-14-23-21-16-26(34-13-12-29)25(33-2)15-19(21)10-11-28(23)17-22(18)27(24)35-36(30,31)20-6-4-3-5-7-20/h3-9,15-16,23,29H,10-14,17H2,1-2H3. The molecule has 190 valence electrons. The molecule has 9 heteroatoms. The number of aliphatic hydroxyl groups excluding tert-OH is 1. The molecule has 3 aromatic carbocycles. The molecule has 8 nitrogen and oxygen atoms in total. The van der Waals surface area contributed by atoms with Crippen molar-refractivity contribution in [1.29, 1.82) is 0 Å². The van der Waals surface area contributed by atoms with Gasteiger partial charge in [0.15, 0.2) is 23.0 Å². The number of ether oxygens (including phenoxy) is 3. The fourth-order valence-electron chi connectivity index (χ4n) is 5.04. The average Bonchev–Trinajstić information content (AvgIpc) is 2.91. The second kappa shape index (κ2) is 10.0. The fraction of sp³-hybridized carbons (Fsp3) is 0.333. The van der Waals surface area contributed by atoms with Crippen LogP contribution < -0.4 is 18.4 Å². The molecule has 36 heavy (non-hydrogen) atoms. The third-order valence-electron chi connectivity index (χ3n) is 6.78. The van der Waals surface area contributed by atoms with Crippen molar-refractivity contribution in [2.75, 3.05) is 34.0 Å². The maximum Gasteiger partial charge on any atom is 0.339 e.